The number of rotatable bonds is 1. The van der Waals surface area contributed by atoms with Crippen LogP contribution in [-0.4, -0.2) is 5.11 Å². The van der Waals surface area contributed by atoms with E-state index in [0.29, 0.717) is 5.56 Å². The zero-order valence-electron chi connectivity index (χ0n) is 7.96. The van der Waals surface area contributed by atoms with E-state index >= 15 is 0 Å². The molecule has 14 heavy (non-hydrogen) atoms. The van der Waals surface area contributed by atoms with Gasteiger partial charge in [0.25, 0.3) is 0 Å². The van der Waals surface area contributed by atoms with Crippen molar-refractivity contribution in [1.82, 2.24) is 0 Å². The Morgan fingerprint density at radius 1 is 1.50 bits per heavy atom. The second-order valence-corrected chi connectivity index (χ2v) is 3.75. The summed E-state index contributed by atoms with van der Waals surface area (Å²) in [4.78, 5) is 0. The smallest absolute Gasteiger partial charge is 0.129 e. The highest BCUT2D eigenvalue weighted by Crippen LogP contribution is 2.31. The molecule has 1 atom stereocenters. The molecule has 0 amide bonds. The second-order valence-electron chi connectivity index (χ2n) is 3.75. The average molecular weight is 195 g/mol. The molecule has 1 aliphatic carbocycles. The Kier molecular flexibility index (Phi) is 2.52. The average Bonchev–Trinajstić information content (AvgIpc) is 2.18. The Balaban J connectivity index is 2.55. The van der Waals surface area contributed by atoms with Crippen LogP contribution in [0, 0.1) is 5.82 Å². The summed E-state index contributed by atoms with van der Waals surface area (Å²) in [5.41, 5.74) is 8.27. The van der Waals surface area contributed by atoms with Gasteiger partial charge in [-0.25, -0.2) is 4.39 Å². The molecule has 0 aromatic heterocycles. The van der Waals surface area contributed by atoms with Crippen LogP contribution in [0.3, 0.4) is 0 Å². The first-order valence-electron chi connectivity index (χ1n) is 4.90. The number of hydrogen-bond acceptors (Lipinski definition) is 2. The summed E-state index contributed by atoms with van der Waals surface area (Å²) in [6.07, 6.45) is 2.75. The third-order valence-electron chi connectivity index (χ3n) is 2.91. The Morgan fingerprint density at radius 3 is 3.00 bits per heavy atom. The van der Waals surface area contributed by atoms with Gasteiger partial charge in [0.05, 0.1) is 6.61 Å². The van der Waals surface area contributed by atoms with Crippen LogP contribution in [0.5, 0.6) is 0 Å². The lowest BCUT2D eigenvalue weighted by Crippen LogP contribution is -2.19. The quantitative estimate of drug-likeness (QED) is 0.715. The minimum atomic E-state index is -0.319. The van der Waals surface area contributed by atoms with Gasteiger partial charge >= 0.3 is 0 Å². The lowest BCUT2D eigenvalue weighted by atomic mass is 9.85. The number of benzene rings is 1. The van der Waals surface area contributed by atoms with Gasteiger partial charge in [0.2, 0.25) is 0 Å². The molecule has 0 fully saturated rings. The lowest BCUT2D eigenvalue weighted by molar-refractivity contribution is 0.273. The Hall–Kier alpha value is -0.930. The van der Waals surface area contributed by atoms with Crippen LogP contribution in [0.2, 0.25) is 0 Å². The van der Waals surface area contributed by atoms with Gasteiger partial charge < -0.3 is 10.8 Å². The highest BCUT2D eigenvalue weighted by Gasteiger charge is 2.20. The third-order valence-corrected chi connectivity index (χ3v) is 2.91. The van der Waals surface area contributed by atoms with Gasteiger partial charge in [0.1, 0.15) is 5.82 Å². The summed E-state index contributed by atoms with van der Waals surface area (Å²) >= 11 is 0. The normalized spacial score (nSPS) is 20.6. The SMILES string of the molecule is N[C@@H]1CCCc2c1ccc(F)c2CO. The number of aliphatic hydroxyl groups excluding tert-OH is 1. The van der Waals surface area contributed by atoms with Gasteiger partial charge in [-0.05, 0) is 36.5 Å². The molecule has 3 heteroatoms. The van der Waals surface area contributed by atoms with Gasteiger partial charge in [-0.1, -0.05) is 6.07 Å². The molecular weight excluding hydrogens is 181 g/mol. The molecule has 0 radical (unpaired) electrons. The zero-order valence-corrected chi connectivity index (χ0v) is 7.96. The van der Waals surface area contributed by atoms with Crippen molar-refractivity contribution in [3.63, 3.8) is 0 Å². The Bertz CT molecular complexity index is 351. The lowest BCUT2D eigenvalue weighted by Gasteiger charge is -2.24. The Morgan fingerprint density at radius 2 is 2.29 bits per heavy atom. The van der Waals surface area contributed by atoms with Crippen molar-refractivity contribution in [3.05, 3.63) is 34.6 Å². The van der Waals surface area contributed by atoms with E-state index in [1.54, 1.807) is 6.07 Å². The summed E-state index contributed by atoms with van der Waals surface area (Å²) in [6.45, 7) is -0.234. The van der Waals surface area contributed by atoms with Crippen molar-refractivity contribution in [2.75, 3.05) is 0 Å². The Labute approximate surface area is 82.5 Å². The molecule has 0 heterocycles. The first-order valence-corrected chi connectivity index (χ1v) is 4.90. The molecule has 2 rings (SSSR count). The van der Waals surface area contributed by atoms with Crippen molar-refractivity contribution < 1.29 is 9.50 Å². The molecule has 3 N–H and O–H groups in total. The molecule has 1 aliphatic rings. The number of fused-ring (bicyclic) bond motifs is 1. The first-order chi connectivity index (χ1) is 6.74. The van der Waals surface area contributed by atoms with E-state index in [0.717, 1.165) is 30.4 Å². The first kappa shape index (κ1) is 9.62. The molecular formula is C11H14FNO. The molecule has 1 aromatic carbocycles. The van der Waals surface area contributed by atoms with Crippen molar-refractivity contribution in [2.24, 2.45) is 5.73 Å². The highest BCUT2D eigenvalue weighted by molar-refractivity contribution is 5.39. The summed E-state index contributed by atoms with van der Waals surface area (Å²) in [7, 11) is 0. The van der Waals surface area contributed by atoms with E-state index in [1.165, 1.54) is 6.07 Å². The predicted molar refractivity (Wildman–Crippen MR) is 52.2 cm³/mol. The maximum Gasteiger partial charge on any atom is 0.129 e. The number of nitrogens with two attached hydrogens (primary N) is 1. The van der Waals surface area contributed by atoms with Crippen LogP contribution in [0.25, 0.3) is 0 Å². The zero-order chi connectivity index (χ0) is 10.1. The van der Waals surface area contributed by atoms with Gasteiger partial charge in [-0.3, -0.25) is 0 Å². The van der Waals surface area contributed by atoms with E-state index in [-0.39, 0.29) is 18.5 Å². The van der Waals surface area contributed by atoms with E-state index in [4.69, 9.17) is 10.8 Å². The minimum Gasteiger partial charge on any atom is -0.392 e. The third kappa shape index (κ3) is 1.42. The van der Waals surface area contributed by atoms with E-state index in [2.05, 4.69) is 0 Å². The van der Waals surface area contributed by atoms with E-state index in [1.807, 2.05) is 0 Å². The molecule has 0 unspecified atom stereocenters. The number of halogens is 1. The molecule has 1 aromatic rings. The van der Waals surface area contributed by atoms with Crippen molar-refractivity contribution >= 4 is 0 Å². The van der Waals surface area contributed by atoms with Crippen LogP contribution in [0.15, 0.2) is 12.1 Å². The standard InChI is InChI=1S/C11H14FNO/c12-10-5-4-8-7(9(10)6-14)2-1-3-11(8)13/h4-5,11,14H,1-3,6,13H2/t11-/m1/s1. The minimum absolute atomic E-state index is 0.00431. The molecule has 0 saturated heterocycles. The maximum atomic E-state index is 13.3. The monoisotopic (exact) mass is 195 g/mol. The van der Waals surface area contributed by atoms with Crippen LogP contribution < -0.4 is 5.73 Å². The molecule has 2 nitrogen and oxygen atoms in total. The van der Waals surface area contributed by atoms with Crippen LogP contribution >= 0.6 is 0 Å². The molecule has 0 saturated carbocycles. The number of hydrogen-bond donors (Lipinski definition) is 2. The highest BCUT2D eigenvalue weighted by atomic mass is 19.1. The van der Waals surface area contributed by atoms with Gasteiger partial charge in [0.15, 0.2) is 0 Å². The van der Waals surface area contributed by atoms with Gasteiger partial charge in [0, 0.05) is 11.6 Å². The summed E-state index contributed by atoms with van der Waals surface area (Å²) in [5, 5.41) is 9.08. The summed E-state index contributed by atoms with van der Waals surface area (Å²) in [6, 6.07) is 3.15. The van der Waals surface area contributed by atoms with E-state index in [9.17, 15) is 4.39 Å². The molecule has 0 aliphatic heterocycles. The number of aliphatic hydroxyl groups is 1. The maximum absolute atomic E-state index is 13.3. The van der Waals surface area contributed by atoms with Gasteiger partial charge in [-0.2, -0.15) is 0 Å². The molecule has 76 valence electrons. The van der Waals surface area contributed by atoms with Crippen LogP contribution in [-0.2, 0) is 13.0 Å². The van der Waals surface area contributed by atoms with Crippen molar-refractivity contribution in [3.8, 4) is 0 Å². The molecule has 0 bridgehead atoms. The predicted octanol–water partition coefficient (Wildman–Crippen LogP) is 1.65. The fourth-order valence-corrected chi connectivity index (χ4v) is 2.15. The van der Waals surface area contributed by atoms with E-state index < -0.39 is 0 Å². The summed E-state index contributed by atoms with van der Waals surface area (Å²) in [5.74, 6) is -0.319. The topological polar surface area (TPSA) is 46.2 Å². The second kappa shape index (κ2) is 3.67. The van der Waals surface area contributed by atoms with Crippen LogP contribution in [0.4, 0.5) is 4.39 Å². The van der Waals surface area contributed by atoms with Crippen molar-refractivity contribution in [1.29, 1.82) is 0 Å². The van der Waals surface area contributed by atoms with Crippen molar-refractivity contribution in [2.45, 2.75) is 31.9 Å². The van der Waals surface area contributed by atoms with Gasteiger partial charge in [-0.15, -0.1) is 0 Å². The largest absolute Gasteiger partial charge is 0.392 e. The molecule has 0 spiro atoms. The van der Waals surface area contributed by atoms with Crippen LogP contribution in [0.1, 0.15) is 35.6 Å². The fourth-order valence-electron chi connectivity index (χ4n) is 2.15. The summed E-state index contributed by atoms with van der Waals surface area (Å²) < 4.78 is 13.3. The fraction of sp³-hybridized carbons (Fsp3) is 0.455.